The van der Waals surface area contributed by atoms with Crippen LogP contribution >= 0.6 is 0 Å². The first-order valence-corrected chi connectivity index (χ1v) is 8.82. The zero-order valence-corrected chi connectivity index (χ0v) is 15.6. The minimum Gasteiger partial charge on any atom is -0.368 e. The third-order valence-corrected chi connectivity index (χ3v) is 4.12. The number of anilines is 1. The van der Waals surface area contributed by atoms with Gasteiger partial charge in [0, 0.05) is 31.5 Å². The van der Waals surface area contributed by atoms with Gasteiger partial charge in [0.2, 0.25) is 5.91 Å². The van der Waals surface area contributed by atoms with Gasteiger partial charge in [-0.2, -0.15) is 13.2 Å². The van der Waals surface area contributed by atoms with Crippen molar-refractivity contribution in [3.05, 3.63) is 66.0 Å². The van der Waals surface area contributed by atoms with Crippen molar-refractivity contribution in [1.29, 1.82) is 0 Å². The van der Waals surface area contributed by atoms with E-state index in [1.54, 1.807) is 18.5 Å². The van der Waals surface area contributed by atoms with Crippen molar-refractivity contribution in [1.82, 2.24) is 24.8 Å². The zero-order chi connectivity index (χ0) is 20.9. The van der Waals surface area contributed by atoms with E-state index in [-0.39, 0.29) is 12.3 Å². The lowest BCUT2D eigenvalue weighted by Gasteiger charge is -2.10. The predicted octanol–water partition coefficient (Wildman–Crippen LogP) is 2.76. The summed E-state index contributed by atoms with van der Waals surface area (Å²) >= 11 is 0. The van der Waals surface area contributed by atoms with Gasteiger partial charge in [-0.05, 0) is 24.6 Å². The van der Waals surface area contributed by atoms with Crippen LogP contribution in [0.5, 0.6) is 0 Å². The van der Waals surface area contributed by atoms with Gasteiger partial charge in [0.25, 0.3) is 0 Å². The summed E-state index contributed by atoms with van der Waals surface area (Å²) in [5, 5.41) is 5.80. The summed E-state index contributed by atoms with van der Waals surface area (Å²) in [5.41, 5.74) is -0.222. The Labute approximate surface area is 165 Å². The number of carbonyl (C=O) groups excluding carboxylic acids is 1. The van der Waals surface area contributed by atoms with Crippen LogP contribution in [-0.2, 0) is 17.4 Å². The average Bonchev–Trinajstić information content (AvgIpc) is 3.11. The second-order valence-corrected chi connectivity index (χ2v) is 6.25. The van der Waals surface area contributed by atoms with Gasteiger partial charge >= 0.3 is 6.18 Å². The Morgan fingerprint density at radius 2 is 1.86 bits per heavy atom. The van der Waals surface area contributed by atoms with Crippen molar-refractivity contribution in [3.8, 4) is 5.82 Å². The summed E-state index contributed by atoms with van der Waals surface area (Å²) in [6.07, 6.45) is 0.527. The molecule has 0 aliphatic carbocycles. The summed E-state index contributed by atoms with van der Waals surface area (Å²) in [6.45, 7) is 2.63. The average molecular weight is 404 g/mol. The summed E-state index contributed by atoms with van der Waals surface area (Å²) in [6, 6.07) is 6.32. The highest BCUT2D eigenvalue weighted by molar-refractivity contribution is 5.78. The molecular formula is C19H19F3N6O. The van der Waals surface area contributed by atoms with E-state index in [0.29, 0.717) is 30.3 Å². The fourth-order valence-electron chi connectivity index (χ4n) is 2.65. The molecule has 1 amide bonds. The van der Waals surface area contributed by atoms with E-state index in [0.717, 1.165) is 18.0 Å². The van der Waals surface area contributed by atoms with Crippen LogP contribution < -0.4 is 10.6 Å². The van der Waals surface area contributed by atoms with Crippen molar-refractivity contribution in [3.63, 3.8) is 0 Å². The van der Waals surface area contributed by atoms with Crippen LogP contribution in [0.1, 0.15) is 17.0 Å². The van der Waals surface area contributed by atoms with Crippen LogP contribution in [-0.4, -0.2) is 38.5 Å². The zero-order valence-electron chi connectivity index (χ0n) is 15.6. The number of carbonyl (C=O) groups is 1. The van der Waals surface area contributed by atoms with Crippen LogP contribution in [0.15, 0.2) is 49.1 Å². The lowest BCUT2D eigenvalue weighted by atomic mass is 10.1. The number of amides is 1. The van der Waals surface area contributed by atoms with Gasteiger partial charge in [-0.1, -0.05) is 12.1 Å². The minimum atomic E-state index is -4.39. The van der Waals surface area contributed by atoms with Crippen LogP contribution in [0, 0.1) is 6.92 Å². The Balaban J connectivity index is 1.45. The first-order chi connectivity index (χ1) is 13.8. The third-order valence-electron chi connectivity index (χ3n) is 4.12. The summed E-state index contributed by atoms with van der Waals surface area (Å²) in [5.74, 6) is 1.79. The molecule has 0 saturated carbocycles. The molecule has 3 aromatic rings. The van der Waals surface area contributed by atoms with Gasteiger partial charge < -0.3 is 10.6 Å². The normalized spacial score (nSPS) is 11.3. The van der Waals surface area contributed by atoms with E-state index in [4.69, 9.17) is 0 Å². The van der Waals surface area contributed by atoms with Crippen molar-refractivity contribution >= 4 is 11.7 Å². The molecule has 0 unspecified atom stereocenters. The number of aryl methyl sites for hydroxylation is 1. The summed E-state index contributed by atoms with van der Waals surface area (Å²) in [7, 11) is 0. The highest BCUT2D eigenvalue weighted by Gasteiger charge is 2.29. The van der Waals surface area contributed by atoms with Gasteiger partial charge in [-0.25, -0.2) is 15.0 Å². The first kappa shape index (κ1) is 20.3. The van der Waals surface area contributed by atoms with Gasteiger partial charge in [0.15, 0.2) is 0 Å². The number of hydrogen-bond acceptors (Lipinski definition) is 5. The van der Waals surface area contributed by atoms with Crippen LogP contribution in [0.3, 0.4) is 0 Å². The molecule has 0 aliphatic rings. The number of nitrogens with one attached hydrogen (secondary N) is 2. The quantitative estimate of drug-likeness (QED) is 0.592. The fraction of sp³-hybridized carbons (Fsp3) is 0.263. The molecular weight excluding hydrogens is 385 g/mol. The van der Waals surface area contributed by atoms with E-state index in [9.17, 15) is 18.0 Å². The maximum atomic E-state index is 12.6. The van der Waals surface area contributed by atoms with Crippen LogP contribution in [0.4, 0.5) is 19.0 Å². The number of halogens is 3. The SMILES string of the molecule is Cc1nccn1-c1cc(NCCNC(=O)Cc2ccc(C(F)(F)F)cc2)ncn1. The number of alkyl halides is 3. The van der Waals surface area contributed by atoms with Crippen LogP contribution in [0.2, 0.25) is 0 Å². The van der Waals surface area contributed by atoms with E-state index < -0.39 is 11.7 Å². The number of nitrogens with zero attached hydrogens (tertiary/aromatic N) is 4. The van der Waals surface area contributed by atoms with Gasteiger partial charge in [0.1, 0.15) is 23.8 Å². The van der Waals surface area contributed by atoms with Crippen molar-refractivity contribution < 1.29 is 18.0 Å². The standard InChI is InChI=1S/C19H19F3N6O/c1-13-23-8-9-28(13)17-11-16(26-12-27-17)24-6-7-25-18(29)10-14-2-4-15(5-3-14)19(20,21)22/h2-5,8-9,11-12H,6-7,10H2,1H3,(H,25,29)(H,24,26,27). The van der Waals surface area contributed by atoms with Gasteiger partial charge in [0.05, 0.1) is 12.0 Å². The van der Waals surface area contributed by atoms with E-state index >= 15 is 0 Å². The lowest BCUT2D eigenvalue weighted by molar-refractivity contribution is -0.137. The maximum absolute atomic E-state index is 12.6. The Hall–Kier alpha value is -3.43. The summed E-state index contributed by atoms with van der Waals surface area (Å²) < 4.78 is 39.5. The van der Waals surface area contributed by atoms with Crippen molar-refractivity contribution in [2.24, 2.45) is 0 Å². The molecule has 0 spiro atoms. The predicted molar refractivity (Wildman–Crippen MR) is 101 cm³/mol. The monoisotopic (exact) mass is 404 g/mol. The number of aromatic nitrogens is 4. The van der Waals surface area contributed by atoms with Gasteiger partial charge in [-0.3, -0.25) is 9.36 Å². The molecule has 7 nitrogen and oxygen atoms in total. The Kier molecular flexibility index (Phi) is 6.10. The molecule has 1 aromatic carbocycles. The molecule has 10 heteroatoms. The second-order valence-electron chi connectivity index (χ2n) is 6.25. The highest BCUT2D eigenvalue weighted by atomic mass is 19.4. The Bertz CT molecular complexity index is 969. The number of imidazole rings is 1. The third kappa shape index (κ3) is 5.53. The molecule has 0 aliphatic heterocycles. The Morgan fingerprint density at radius 1 is 1.10 bits per heavy atom. The fourth-order valence-corrected chi connectivity index (χ4v) is 2.65. The number of benzene rings is 1. The number of hydrogen-bond donors (Lipinski definition) is 2. The minimum absolute atomic E-state index is 0.00962. The molecule has 0 atom stereocenters. The highest BCUT2D eigenvalue weighted by Crippen LogP contribution is 2.29. The molecule has 2 heterocycles. The smallest absolute Gasteiger partial charge is 0.368 e. The second kappa shape index (κ2) is 8.72. The van der Waals surface area contributed by atoms with E-state index in [1.807, 2.05) is 11.5 Å². The first-order valence-electron chi connectivity index (χ1n) is 8.82. The topological polar surface area (TPSA) is 84.7 Å². The Morgan fingerprint density at radius 3 is 2.52 bits per heavy atom. The molecule has 152 valence electrons. The molecule has 3 rings (SSSR count). The lowest BCUT2D eigenvalue weighted by Crippen LogP contribution is -2.30. The summed E-state index contributed by atoms with van der Waals surface area (Å²) in [4.78, 5) is 24.4. The molecule has 2 N–H and O–H groups in total. The molecule has 0 radical (unpaired) electrons. The molecule has 0 saturated heterocycles. The number of rotatable bonds is 7. The van der Waals surface area contributed by atoms with E-state index in [1.165, 1.54) is 18.5 Å². The molecule has 2 aromatic heterocycles. The molecule has 29 heavy (non-hydrogen) atoms. The van der Waals surface area contributed by atoms with Gasteiger partial charge in [-0.15, -0.1) is 0 Å². The molecule has 0 bridgehead atoms. The molecule has 0 fully saturated rings. The van der Waals surface area contributed by atoms with Crippen molar-refractivity contribution in [2.75, 3.05) is 18.4 Å². The largest absolute Gasteiger partial charge is 0.416 e. The van der Waals surface area contributed by atoms with Crippen molar-refractivity contribution in [2.45, 2.75) is 19.5 Å². The maximum Gasteiger partial charge on any atom is 0.416 e. The van der Waals surface area contributed by atoms with E-state index in [2.05, 4.69) is 25.6 Å². The van der Waals surface area contributed by atoms with Crippen LogP contribution in [0.25, 0.3) is 5.82 Å².